The molecule has 0 unspecified atom stereocenters. The first-order valence-corrected chi connectivity index (χ1v) is 11.0. The maximum atomic E-state index is 12.3. The molecule has 2 aliphatic heterocycles. The van der Waals surface area contributed by atoms with E-state index in [1.165, 1.54) is 12.1 Å². The topological polar surface area (TPSA) is 26.8 Å². The Balaban J connectivity index is 1.51. The summed E-state index contributed by atoms with van der Waals surface area (Å²) >= 11 is 7.87. The smallest absolute Gasteiger partial charge is 0.223 e. The average Bonchev–Trinajstić information content (AvgIpc) is 2.66. The lowest BCUT2D eigenvalue weighted by atomic mass is 10.0. The van der Waals surface area contributed by atoms with Crippen molar-refractivity contribution in [3.8, 4) is 0 Å². The second kappa shape index (κ2) is 9.15. The summed E-state index contributed by atoms with van der Waals surface area (Å²) in [5.74, 6) is 1.26. The minimum Gasteiger partial charge on any atom is -0.369 e. The zero-order valence-corrected chi connectivity index (χ0v) is 16.6. The van der Waals surface area contributed by atoms with Crippen LogP contribution in [0.5, 0.6) is 0 Å². The minimum absolute atomic E-state index is 0.330. The number of benzene rings is 1. The fraction of sp³-hybridized carbons (Fsp3) is 0.632. The fourth-order valence-electron chi connectivity index (χ4n) is 3.84. The molecule has 2 aliphatic rings. The summed E-state index contributed by atoms with van der Waals surface area (Å²) < 4.78 is 0. The Kier molecular flexibility index (Phi) is 6.91. The van der Waals surface area contributed by atoms with Crippen molar-refractivity contribution in [3.05, 3.63) is 29.3 Å². The Bertz CT molecular complexity index is 578. The molecule has 0 aliphatic carbocycles. The molecule has 138 valence electrons. The van der Waals surface area contributed by atoms with E-state index in [9.17, 15) is 4.79 Å². The first-order chi connectivity index (χ1) is 12.2. The molecule has 6 heteroatoms. The van der Waals surface area contributed by atoms with Gasteiger partial charge in [0.25, 0.3) is 0 Å². The number of anilines is 1. The zero-order chi connectivity index (χ0) is 17.6. The molecular weight excluding hydrogens is 354 g/mol. The van der Waals surface area contributed by atoms with Crippen LogP contribution in [0.25, 0.3) is 0 Å². The Hall–Kier alpha value is -0.910. The normalized spacial score (nSPS) is 22.2. The Morgan fingerprint density at radius 2 is 2.04 bits per heavy atom. The van der Waals surface area contributed by atoms with Gasteiger partial charge >= 0.3 is 0 Å². The van der Waals surface area contributed by atoms with Gasteiger partial charge < -0.3 is 9.80 Å². The lowest BCUT2D eigenvalue weighted by molar-refractivity contribution is -0.132. The van der Waals surface area contributed by atoms with Gasteiger partial charge in [-0.15, -0.1) is 0 Å². The van der Waals surface area contributed by atoms with E-state index >= 15 is 0 Å². The molecule has 1 aromatic carbocycles. The van der Waals surface area contributed by atoms with E-state index in [4.69, 9.17) is 11.6 Å². The van der Waals surface area contributed by atoms with E-state index < -0.39 is 0 Å². The SMILES string of the molecule is CSCCC(=O)N1CCC[C@@H](N2CCN(c3cccc(Cl)c3)CC2)C1. The quantitative estimate of drug-likeness (QED) is 0.782. The number of hydrogen-bond acceptors (Lipinski definition) is 4. The third-order valence-corrected chi connectivity index (χ3v) is 6.12. The monoisotopic (exact) mass is 381 g/mol. The van der Waals surface area contributed by atoms with Gasteiger partial charge in [0.05, 0.1) is 0 Å². The van der Waals surface area contributed by atoms with Crippen LogP contribution in [0, 0.1) is 0 Å². The van der Waals surface area contributed by atoms with Crippen LogP contribution in [-0.2, 0) is 4.79 Å². The predicted octanol–water partition coefficient (Wildman–Crippen LogP) is 3.21. The molecule has 4 nitrogen and oxygen atoms in total. The average molecular weight is 382 g/mol. The largest absolute Gasteiger partial charge is 0.369 e. The van der Waals surface area contributed by atoms with E-state index in [2.05, 4.69) is 27.0 Å². The second-order valence-corrected chi connectivity index (χ2v) is 8.30. The molecule has 2 heterocycles. The lowest BCUT2D eigenvalue weighted by Crippen LogP contribution is -2.55. The van der Waals surface area contributed by atoms with E-state index in [0.717, 1.165) is 56.5 Å². The van der Waals surface area contributed by atoms with Crippen molar-refractivity contribution >= 4 is 35.0 Å². The van der Waals surface area contributed by atoms with Crippen molar-refractivity contribution in [2.75, 3.05) is 56.2 Å². The number of thioether (sulfide) groups is 1. The molecule has 1 amide bonds. The van der Waals surface area contributed by atoms with Crippen LogP contribution in [0.3, 0.4) is 0 Å². The highest BCUT2D eigenvalue weighted by atomic mass is 35.5. The van der Waals surface area contributed by atoms with Crippen molar-refractivity contribution in [1.29, 1.82) is 0 Å². The summed E-state index contributed by atoms with van der Waals surface area (Å²) in [7, 11) is 0. The van der Waals surface area contributed by atoms with Gasteiger partial charge in [0.2, 0.25) is 5.91 Å². The molecule has 25 heavy (non-hydrogen) atoms. The van der Waals surface area contributed by atoms with Gasteiger partial charge in [-0.05, 0) is 37.3 Å². The number of carbonyl (C=O) groups is 1. The van der Waals surface area contributed by atoms with Gasteiger partial charge in [0.1, 0.15) is 0 Å². The Morgan fingerprint density at radius 3 is 2.76 bits per heavy atom. The number of rotatable bonds is 5. The van der Waals surface area contributed by atoms with Crippen LogP contribution >= 0.6 is 23.4 Å². The third kappa shape index (κ3) is 5.05. The number of likely N-dealkylation sites (tertiary alicyclic amines) is 1. The van der Waals surface area contributed by atoms with Gasteiger partial charge in [0, 0.05) is 68.2 Å². The maximum absolute atomic E-state index is 12.3. The van der Waals surface area contributed by atoms with Crippen LogP contribution in [0.2, 0.25) is 5.02 Å². The predicted molar refractivity (Wildman–Crippen MR) is 108 cm³/mol. The highest BCUT2D eigenvalue weighted by Crippen LogP contribution is 2.23. The molecular formula is C19H28ClN3OS. The van der Waals surface area contributed by atoms with Crippen LogP contribution < -0.4 is 4.90 Å². The molecule has 0 radical (unpaired) electrons. The van der Waals surface area contributed by atoms with Crippen molar-refractivity contribution in [3.63, 3.8) is 0 Å². The van der Waals surface area contributed by atoms with Gasteiger partial charge in [0.15, 0.2) is 0 Å². The molecule has 1 aromatic rings. The Labute approximate surface area is 160 Å². The van der Waals surface area contributed by atoms with E-state index in [-0.39, 0.29) is 0 Å². The summed E-state index contributed by atoms with van der Waals surface area (Å²) in [5, 5.41) is 0.798. The molecule has 0 aromatic heterocycles. The summed E-state index contributed by atoms with van der Waals surface area (Å²) in [5.41, 5.74) is 1.21. The number of piperazine rings is 1. The summed E-state index contributed by atoms with van der Waals surface area (Å²) in [4.78, 5) is 19.4. The molecule has 3 rings (SSSR count). The van der Waals surface area contributed by atoms with Gasteiger partial charge in [-0.3, -0.25) is 9.69 Å². The second-order valence-electron chi connectivity index (χ2n) is 6.88. The standard InChI is InChI=1S/C19H28ClN3OS/c1-25-13-7-19(24)23-8-3-6-18(15-23)22-11-9-21(10-12-22)17-5-2-4-16(20)14-17/h2,4-5,14,18H,3,6-13,15H2,1H3/t18-/m1/s1. The number of carbonyl (C=O) groups excluding carboxylic acids is 1. The molecule has 2 saturated heterocycles. The summed E-state index contributed by atoms with van der Waals surface area (Å²) in [6, 6.07) is 8.64. The van der Waals surface area contributed by atoms with Crippen molar-refractivity contribution < 1.29 is 4.79 Å². The minimum atomic E-state index is 0.330. The maximum Gasteiger partial charge on any atom is 0.223 e. The van der Waals surface area contributed by atoms with Crippen molar-refractivity contribution in [1.82, 2.24) is 9.80 Å². The Morgan fingerprint density at radius 1 is 1.24 bits per heavy atom. The van der Waals surface area contributed by atoms with Crippen LogP contribution in [-0.4, -0.2) is 73.0 Å². The molecule has 0 bridgehead atoms. The van der Waals surface area contributed by atoms with E-state index in [1.807, 2.05) is 18.2 Å². The lowest BCUT2D eigenvalue weighted by Gasteiger charge is -2.44. The molecule has 0 spiro atoms. The third-order valence-electron chi connectivity index (χ3n) is 5.27. The number of nitrogens with zero attached hydrogens (tertiary/aromatic N) is 3. The summed E-state index contributed by atoms with van der Waals surface area (Å²) in [6.07, 6.45) is 5.08. The first kappa shape index (κ1) is 18.9. The number of halogens is 1. The summed E-state index contributed by atoms with van der Waals surface area (Å²) in [6.45, 7) is 6.01. The number of hydrogen-bond donors (Lipinski definition) is 0. The number of piperidine rings is 1. The number of amides is 1. The molecule has 1 atom stereocenters. The molecule has 0 saturated carbocycles. The van der Waals surface area contributed by atoms with Crippen molar-refractivity contribution in [2.45, 2.75) is 25.3 Å². The first-order valence-electron chi connectivity index (χ1n) is 9.18. The highest BCUT2D eigenvalue weighted by molar-refractivity contribution is 7.98. The molecule has 0 N–H and O–H groups in total. The van der Waals surface area contributed by atoms with Crippen LogP contribution in [0.4, 0.5) is 5.69 Å². The van der Waals surface area contributed by atoms with Gasteiger partial charge in [-0.2, -0.15) is 11.8 Å². The highest BCUT2D eigenvalue weighted by Gasteiger charge is 2.29. The fourth-order valence-corrected chi connectivity index (χ4v) is 4.41. The van der Waals surface area contributed by atoms with Crippen molar-refractivity contribution in [2.24, 2.45) is 0 Å². The molecule has 2 fully saturated rings. The van der Waals surface area contributed by atoms with E-state index in [1.54, 1.807) is 11.8 Å². The van der Waals surface area contributed by atoms with Crippen LogP contribution in [0.1, 0.15) is 19.3 Å². The van der Waals surface area contributed by atoms with Crippen LogP contribution in [0.15, 0.2) is 24.3 Å². The van der Waals surface area contributed by atoms with Gasteiger partial charge in [-0.1, -0.05) is 17.7 Å². The van der Waals surface area contributed by atoms with E-state index in [0.29, 0.717) is 18.4 Å². The van der Waals surface area contributed by atoms with Gasteiger partial charge in [-0.25, -0.2) is 0 Å². The zero-order valence-electron chi connectivity index (χ0n) is 15.0.